The average molecular weight is 266 g/mol. The van der Waals surface area contributed by atoms with E-state index in [-0.39, 0.29) is 23.5 Å². The molecule has 1 saturated carbocycles. The third kappa shape index (κ3) is 2.79. The lowest BCUT2D eigenvalue weighted by Crippen LogP contribution is -2.45. The van der Waals surface area contributed by atoms with E-state index in [0.29, 0.717) is 19.1 Å². The maximum atomic E-state index is 12.3. The number of amides is 1. The van der Waals surface area contributed by atoms with Crippen molar-refractivity contribution in [2.24, 2.45) is 11.1 Å². The second kappa shape index (κ2) is 5.41. The summed E-state index contributed by atoms with van der Waals surface area (Å²) < 4.78 is 5.79. The smallest absolute Gasteiger partial charge is 0.220 e. The zero-order valence-electron chi connectivity index (χ0n) is 11.7. The van der Waals surface area contributed by atoms with E-state index < -0.39 is 0 Å². The normalized spacial score (nSPS) is 36.4. The van der Waals surface area contributed by atoms with Crippen LogP contribution >= 0.6 is 0 Å². The molecule has 1 amide bonds. The zero-order chi connectivity index (χ0) is 13.3. The molecule has 108 valence electrons. The highest BCUT2D eigenvalue weighted by Crippen LogP contribution is 2.39. The molecule has 0 aromatic heterocycles. The van der Waals surface area contributed by atoms with Crippen LogP contribution in [0.15, 0.2) is 0 Å². The predicted molar refractivity (Wildman–Crippen MR) is 73.6 cm³/mol. The van der Waals surface area contributed by atoms with Gasteiger partial charge in [-0.1, -0.05) is 19.3 Å². The van der Waals surface area contributed by atoms with Gasteiger partial charge >= 0.3 is 0 Å². The van der Waals surface area contributed by atoms with Crippen LogP contribution in [0.4, 0.5) is 0 Å². The molecule has 3 aliphatic rings. The van der Waals surface area contributed by atoms with Crippen molar-refractivity contribution < 1.29 is 9.53 Å². The summed E-state index contributed by atoms with van der Waals surface area (Å²) in [6.45, 7) is 0.646. The molecule has 4 nitrogen and oxygen atoms in total. The van der Waals surface area contributed by atoms with Crippen LogP contribution in [0.1, 0.15) is 57.8 Å². The topological polar surface area (TPSA) is 64.4 Å². The second-order valence-corrected chi connectivity index (χ2v) is 6.73. The van der Waals surface area contributed by atoms with Gasteiger partial charge in [-0.2, -0.15) is 0 Å². The lowest BCUT2D eigenvalue weighted by Gasteiger charge is -2.36. The molecular weight excluding hydrogens is 240 g/mol. The number of ether oxygens (including phenoxy) is 1. The summed E-state index contributed by atoms with van der Waals surface area (Å²) in [6, 6.07) is 0.254. The molecule has 1 aliphatic carbocycles. The number of nitrogens with two attached hydrogens (primary N) is 1. The van der Waals surface area contributed by atoms with Crippen molar-refractivity contribution in [2.45, 2.75) is 76.0 Å². The second-order valence-electron chi connectivity index (χ2n) is 6.73. The Kier molecular flexibility index (Phi) is 3.81. The molecule has 0 radical (unpaired) electrons. The molecule has 2 aliphatic heterocycles. The lowest BCUT2D eigenvalue weighted by atomic mass is 9.71. The Morgan fingerprint density at radius 3 is 2.63 bits per heavy atom. The summed E-state index contributed by atoms with van der Waals surface area (Å²) in [5, 5.41) is 3.20. The third-order valence-corrected chi connectivity index (χ3v) is 5.34. The quantitative estimate of drug-likeness (QED) is 0.814. The Morgan fingerprint density at radius 2 is 2.05 bits per heavy atom. The van der Waals surface area contributed by atoms with Crippen LogP contribution in [0, 0.1) is 5.41 Å². The molecule has 3 rings (SSSR count). The molecule has 4 heteroatoms. The van der Waals surface area contributed by atoms with Crippen molar-refractivity contribution >= 4 is 5.91 Å². The average Bonchev–Trinajstić information content (AvgIpc) is 3.02. The van der Waals surface area contributed by atoms with Crippen molar-refractivity contribution in [2.75, 3.05) is 6.54 Å². The maximum absolute atomic E-state index is 12.3. The number of carbonyl (C=O) groups is 1. The first-order valence-corrected chi connectivity index (χ1v) is 7.86. The van der Waals surface area contributed by atoms with Gasteiger partial charge in [0, 0.05) is 6.42 Å². The van der Waals surface area contributed by atoms with Crippen LogP contribution in [-0.4, -0.2) is 30.7 Å². The van der Waals surface area contributed by atoms with Crippen molar-refractivity contribution in [1.82, 2.24) is 5.32 Å². The molecule has 2 saturated heterocycles. The summed E-state index contributed by atoms with van der Waals surface area (Å²) in [6.07, 6.45) is 10.5. The molecule has 3 N–H and O–H groups in total. The number of fused-ring (bicyclic) bond motifs is 2. The van der Waals surface area contributed by atoms with Gasteiger partial charge in [0.05, 0.1) is 18.2 Å². The first-order valence-electron chi connectivity index (χ1n) is 7.86. The zero-order valence-corrected chi connectivity index (χ0v) is 11.7. The highest BCUT2D eigenvalue weighted by molar-refractivity contribution is 5.77. The first kappa shape index (κ1) is 13.4. The fourth-order valence-corrected chi connectivity index (χ4v) is 4.14. The van der Waals surface area contributed by atoms with Gasteiger partial charge in [0.2, 0.25) is 5.91 Å². The van der Waals surface area contributed by atoms with Gasteiger partial charge in [-0.05, 0) is 44.1 Å². The Morgan fingerprint density at radius 1 is 1.26 bits per heavy atom. The third-order valence-electron chi connectivity index (χ3n) is 5.34. The summed E-state index contributed by atoms with van der Waals surface area (Å²) in [5.74, 6) is 0.188. The van der Waals surface area contributed by atoms with Gasteiger partial charge in [-0.25, -0.2) is 0 Å². The predicted octanol–water partition coefficient (Wildman–Crippen LogP) is 1.72. The molecule has 3 fully saturated rings. The Bertz CT molecular complexity index is 339. The number of carbonyl (C=O) groups excluding carboxylic acids is 1. The van der Waals surface area contributed by atoms with Crippen LogP contribution in [0.25, 0.3) is 0 Å². The summed E-state index contributed by atoms with van der Waals surface area (Å²) in [7, 11) is 0. The molecular formula is C15H26N2O2. The maximum Gasteiger partial charge on any atom is 0.220 e. The van der Waals surface area contributed by atoms with E-state index in [9.17, 15) is 4.79 Å². The van der Waals surface area contributed by atoms with E-state index in [2.05, 4.69) is 5.32 Å². The summed E-state index contributed by atoms with van der Waals surface area (Å²) in [5.41, 5.74) is 6.02. The first-order chi connectivity index (χ1) is 9.21. The number of hydrogen-bond acceptors (Lipinski definition) is 3. The van der Waals surface area contributed by atoms with E-state index in [0.717, 1.165) is 25.7 Å². The molecule has 3 atom stereocenters. The van der Waals surface area contributed by atoms with E-state index in [1.54, 1.807) is 0 Å². The lowest BCUT2D eigenvalue weighted by molar-refractivity contribution is -0.125. The van der Waals surface area contributed by atoms with E-state index >= 15 is 0 Å². The van der Waals surface area contributed by atoms with Crippen LogP contribution in [0.2, 0.25) is 0 Å². The van der Waals surface area contributed by atoms with Gasteiger partial charge < -0.3 is 15.8 Å². The molecule has 0 aromatic carbocycles. The van der Waals surface area contributed by atoms with Gasteiger partial charge in [-0.3, -0.25) is 4.79 Å². The SMILES string of the molecule is NCC1(CC(=O)NC2CC3CCC2O3)CCCCC1. The van der Waals surface area contributed by atoms with E-state index in [1.807, 2.05) is 0 Å². The fourth-order valence-electron chi connectivity index (χ4n) is 4.14. The van der Waals surface area contributed by atoms with E-state index in [4.69, 9.17) is 10.5 Å². The van der Waals surface area contributed by atoms with Crippen LogP contribution in [0.3, 0.4) is 0 Å². The minimum Gasteiger partial charge on any atom is -0.373 e. The van der Waals surface area contributed by atoms with Gasteiger partial charge in [-0.15, -0.1) is 0 Å². The Balaban J connectivity index is 1.52. The molecule has 0 spiro atoms. The van der Waals surface area contributed by atoms with Crippen LogP contribution < -0.4 is 11.1 Å². The minimum atomic E-state index is 0.0702. The van der Waals surface area contributed by atoms with E-state index in [1.165, 1.54) is 25.7 Å². The highest BCUT2D eigenvalue weighted by atomic mass is 16.5. The minimum absolute atomic E-state index is 0.0702. The number of rotatable bonds is 4. The monoisotopic (exact) mass is 266 g/mol. The highest BCUT2D eigenvalue weighted by Gasteiger charge is 2.42. The van der Waals surface area contributed by atoms with Gasteiger partial charge in [0.15, 0.2) is 0 Å². The van der Waals surface area contributed by atoms with Crippen LogP contribution in [-0.2, 0) is 9.53 Å². The number of nitrogens with one attached hydrogen (secondary N) is 1. The van der Waals surface area contributed by atoms with Crippen LogP contribution in [0.5, 0.6) is 0 Å². The summed E-state index contributed by atoms with van der Waals surface area (Å²) >= 11 is 0. The van der Waals surface area contributed by atoms with Crippen molar-refractivity contribution in [3.05, 3.63) is 0 Å². The van der Waals surface area contributed by atoms with Gasteiger partial charge in [0.1, 0.15) is 0 Å². The molecule has 3 unspecified atom stereocenters. The molecule has 2 bridgehead atoms. The standard InChI is InChI=1S/C15H26N2O2/c16-10-15(6-2-1-3-7-15)9-14(18)17-12-8-11-4-5-13(12)19-11/h11-13H,1-10,16H2,(H,17,18). The van der Waals surface area contributed by atoms with Crippen molar-refractivity contribution in [3.8, 4) is 0 Å². The Hall–Kier alpha value is -0.610. The number of hydrogen-bond donors (Lipinski definition) is 2. The van der Waals surface area contributed by atoms with Crippen molar-refractivity contribution in [1.29, 1.82) is 0 Å². The molecule has 2 heterocycles. The fraction of sp³-hybridized carbons (Fsp3) is 0.933. The Labute approximate surface area is 115 Å². The molecule has 0 aromatic rings. The van der Waals surface area contributed by atoms with Crippen molar-refractivity contribution in [3.63, 3.8) is 0 Å². The summed E-state index contributed by atoms with van der Waals surface area (Å²) in [4.78, 5) is 12.3. The molecule has 19 heavy (non-hydrogen) atoms. The van der Waals surface area contributed by atoms with Gasteiger partial charge in [0.25, 0.3) is 0 Å². The largest absolute Gasteiger partial charge is 0.373 e.